The summed E-state index contributed by atoms with van der Waals surface area (Å²) in [5.74, 6) is 0. The van der Waals surface area contributed by atoms with Crippen LogP contribution in [0.4, 0.5) is 0 Å². The number of hydrogen-bond donors (Lipinski definition) is 0. The molecule has 0 saturated carbocycles. The van der Waals surface area contributed by atoms with Gasteiger partial charge in [-0.15, -0.1) is 0 Å². The van der Waals surface area contributed by atoms with Crippen LogP contribution >= 0.6 is 0 Å². The van der Waals surface area contributed by atoms with Crippen LogP contribution in [0, 0.1) is 0 Å². The molecule has 0 aromatic heterocycles. The van der Waals surface area contributed by atoms with Crippen molar-refractivity contribution >= 4 is 7.28 Å². The molecule has 0 spiro atoms. The predicted molar refractivity (Wildman–Crippen MR) is 39.8 cm³/mol. The van der Waals surface area contributed by atoms with E-state index < -0.39 is 0 Å². The Morgan fingerprint density at radius 2 is 2.22 bits per heavy atom. The molecule has 51 valence electrons. The second kappa shape index (κ2) is 3.94. The normalized spacial score (nSPS) is 28.8. The first-order chi connectivity index (χ1) is 4.43. The largest absolute Gasteiger partial charge is 0.390 e. The Balaban J connectivity index is 2.18. The zero-order chi connectivity index (χ0) is 6.53. The molecule has 1 rings (SSSR count). The van der Waals surface area contributed by atoms with Gasteiger partial charge in [0.2, 0.25) is 0 Å². The third kappa shape index (κ3) is 2.40. The fraction of sp³-hybridized carbons (Fsp3) is 1.00. The molecule has 1 aliphatic heterocycles. The van der Waals surface area contributed by atoms with Gasteiger partial charge in [0.25, 0.3) is 0 Å². The Labute approximate surface area is 58.0 Å². The predicted octanol–water partition coefficient (Wildman–Crippen LogP) is 1.66. The van der Waals surface area contributed by atoms with Gasteiger partial charge in [-0.25, -0.2) is 0 Å². The van der Waals surface area contributed by atoms with E-state index in [4.69, 9.17) is 4.74 Å². The summed E-state index contributed by atoms with van der Waals surface area (Å²) in [5, 5.41) is 0. The van der Waals surface area contributed by atoms with E-state index in [0.717, 1.165) is 0 Å². The van der Waals surface area contributed by atoms with Crippen molar-refractivity contribution in [2.24, 2.45) is 0 Å². The van der Waals surface area contributed by atoms with E-state index in [2.05, 4.69) is 7.28 Å². The third-order valence-electron chi connectivity index (χ3n) is 1.93. The van der Waals surface area contributed by atoms with Crippen molar-refractivity contribution in [1.29, 1.82) is 0 Å². The molecule has 0 bridgehead atoms. The molecule has 1 radical (unpaired) electrons. The fourth-order valence-corrected chi connectivity index (χ4v) is 1.30. The molecular weight excluding hydrogens is 111 g/mol. The van der Waals surface area contributed by atoms with Crippen LogP contribution in [0.2, 0.25) is 6.32 Å². The minimum atomic E-state index is 0.451. The lowest BCUT2D eigenvalue weighted by atomic mass is 9.67. The van der Waals surface area contributed by atoms with Crippen LogP contribution in [0.15, 0.2) is 0 Å². The second-order valence-corrected chi connectivity index (χ2v) is 2.65. The molecule has 1 atom stereocenters. The molecule has 9 heavy (non-hydrogen) atoms. The standard InChI is InChI=1S/C7H14BO/c1-9-7-5-3-2-4-6-8-7/h7H,2-6H2,1H3. The van der Waals surface area contributed by atoms with E-state index in [1.54, 1.807) is 7.11 Å². The molecule has 0 aliphatic carbocycles. The average molecular weight is 125 g/mol. The maximum absolute atomic E-state index is 5.22. The van der Waals surface area contributed by atoms with Crippen molar-refractivity contribution in [3.8, 4) is 0 Å². The van der Waals surface area contributed by atoms with Crippen LogP contribution in [0.5, 0.6) is 0 Å². The maximum Gasteiger partial charge on any atom is 0.149 e. The highest BCUT2D eigenvalue weighted by molar-refractivity contribution is 6.37. The first-order valence-electron chi connectivity index (χ1n) is 3.79. The number of methoxy groups -OCH3 is 1. The molecule has 0 aromatic rings. The molecule has 1 fully saturated rings. The molecule has 1 unspecified atom stereocenters. The first-order valence-corrected chi connectivity index (χ1v) is 3.79. The molecule has 0 amide bonds. The van der Waals surface area contributed by atoms with Gasteiger partial charge in [0.15, 0.2) is 0 Å². The van der Waals surface area contributed by atoms with Crippen molar-refractivity contribution < 1.29 is 4.74 Å². The van der Waals surface area contributed by atoms with Crippen molar-refractivity contribution in [2.75, 3.05) is 7.11 Å². The van der Waals surface area contributed by atoms with Crippen LogP contribution in [0.1, 0.15) is 25.7 Å². The minimum absolute atomic E-state index is 0.451. The molecule has 1 saturated heterocycles. The van der Waals surface area contributed by atoms with E-state index >= 15 is 0 Å². The lowest BCUT2D eigenvalue weighted by Crippen LogP contribution is -2.16. The van der Waals surface area contributed by atoms with Gasteiger partial charge in [-0.1, -0.05) is 25.6 Å². The van der Waals surface area contributed by atoms with Gasteiger partial charge in [-0.3, -0.25) is 0 Å². The van der Waals surface area contributed by atoms with Gasteiger partial charge in [-0.2, -0.15) is 0 Å². The van der Waals surface area contributed by atoms with Gasteiger partial charge < -0.3 is 4.74 Å². The van der Waals surface area contributed by atoms with Gasteiger partial charge in [0, 0.05) is 13.1 Å². The van der Waals surface area contributed by atoms with Crippen LogP contribution < -0.4 is 0 Å². The minimum Gasteiger partial charge on any atom is -0.390 e. The topological polar surface area (TPSA) is 9.23 Å². The number of rotatable bonds is 1. The summed E-state index contributed by atoms with van der Waals surface area (Å²) in [6, 6.07) is 0.451. The average Bonchev–Trinajstić information content (AvgIpc) is 2.13. The van der Waals surface area contributed by atoms with Crippen molar-refractivity contribution in [3.05, 3.63) is 0 Å². The summed E-state index contributed by atoms with van der Waals surface area (Å²) >= 11 is 0. The molecule has 0 N–H and O–H groups in total. The lowest BCUT2D eigenvalue weighted by molar-refractivity contribution is 0.156. The van der Waals surface area contributed by atoms with Gasteiger partial charge in [0.1, 0.15) is 7.28 Å². The van der Waals surface area contributed by atoms with Gasteiger partial charge in [0.05, 0.1) is 0 Å². The van der Waals surface area contributed by atoms with Crippen molar-refractivity contribution in [1.82, 2.24) is 0 Å². The maximum atomic E-state index is 5.22. The van der Waals surface area contributed by atoms with E-state index in [1.165, 1.54) is 32.0 Å². The van der Waals surface area contributed by atoms with Crippen molar-refractivity contribution in [3.63, 3.8) is 0 Å². The Hall–Kier alpha value is 0.0249. The summed E-state index contributed by atoms with van der Waals surface area (Å²) in [4.78, 5) is 0. The van der Waals surface area contributed by atoms with Crippen LogP contribution in [-0.4, -0.2) is 20.4 Å². The Morgan fingerprint density at radius 3 is 3.00 bits per heavy atom. The van der Waals surface area contributed by atoms with Gasteiger partial charge in [-0.05, 0) is 6.42 Å². The zero-order valence-electron chi connectivity index (χ0n) is 6.10. The summed E-state index contributed by atoms with van der Waals surface area (Å²) < 4.78 is 5.22. The molecule has 0 aromatic carbocycles. The van der Waals surface area contributed by atoms with Crippen molar-refractivity contribution in [2.45, 2.75) is 38.0 Å². The number of ether oxygens (including phenoxy) is 1. The Bertz CT molecular complexity index is 67.3. The number of hydrogen-bond acceptors (Lipinski definition) is 1. The first kappa shape index (κ1) is 7.14. The fourth-order valence-electron chi connectivity index (χ4n) is 1.30. The highest BCUT2D eigenvalue weighted by Crippen LogP contribution is 2.13. The highest BCUT2D eigenvalue weighted by atomic mass is 16.5. The van der Waals surface area contributed by atoms with E-state index in [9.17, 15) is 0 Å². The highest BCUT2D eigenvalue weighted by Gasteiger charge is 2.10. The summed E-state index contributed by atoms with van der Waals surface area (Å²) in [6.45, 7) is 0. The molecule has 1 heterocycles. The molecule has 2 heteroatoms. The third-order valence-corrected chi connectivity index (χ3v) is 1.93. The molecular formula is C7H14BO. The van der Waals surface area contributed by atoms with E-state index in [1.807, 2.05) is 0 Å². The quantitative estimate of drug-likeness (QED) is 0.484. The SMILES string of the molecule is COC1[B]CCCCC1. The van der Waals surface area contributed by atoms with E-state index in [0.29, 0.717) is 6.00 Å². The van der Waals surface area contributed by atoms with Crippen LogP contribution in [0.25, 0.3) is 0 Å². The lowest BCUT2D eigenvalue weighted by Gasteiger charge is -2.08. The Kier molecular flexibility index (Phi) is 3.12. The van der Waals surface area contributed by atoms with Crippen LogP contribution in [0.3, 0.4) is 0 Å². The van der Waals surface area contributed by atoms with E-state index in [-0.39, 0.29) is 0 Å². The second-order valence-electron chi connectivity index (χ2n) is 2.65. The smallest absolute Gasteiger partial charge is 0.149 e. The molecule has 1 nitrogen and oxygen atoms in total. The Morgan fingerprint density at radius 1 is 1.33 bits per heavy atom. The summed E-state index contributed by atoms with van der Waals surface area (Å²) in [7, 11) is 4.10. The molecule has 1 aliphatic rings. The zero-order valence-corrected chi connectivity index (χ0v) is 6.10. The van der Waals surface area contributed by atoms with Gasteiger partial charge >= 0.3 is 0 Å². The summed E-state index contributed by atoms with van der Waals surface area (Å²) in [6.07, 6.45) is 6.57. The van der Waals surface area contributed by atoms with Crippen LogP contribution in [-0.2, 0) is 4.74 Å². The summed E-state index contributed by atoms with van der Waals surface area (Å²) in [5.41, 5.74) is 0. The monoisotopic (exact) mass is 125 g/mol.